The van der Waals surface area contributed by atoms with E-state index in [-0.39, 0.29) is 18.1 Å². The summed E-state index contributed by atoms with van der Waals surface area (Å²) < 4.78 is 15.7. The Hall–Kier alpha value is -1.19. The molecule has 0 heterocycles. The van der Waals surface area contributed by atoms with Gasteiger partial charge < -0.3 is 14.2 Å². The van der Waals surface area contributed by atoms with E-state index >= 15 is 0 Å². The van der Waals surface area contributed by atoms with Gasteiger partial charge >= 0.3 is 6.16 Å². The molecule has 0 aromatic rings. The molecule has 0 radical (unpaired) electrons. The summed E-state index contributed by atoms with van der Waals surface area (Å²) in [7, 11) is 1.62. The molecule has 0 aliphatic heterocycles. The first-order valence-corrected chi connectivity index (χ1v) is 8.51. The molecular formula is C18H34O4. The minimum absolute atomic E-state index is 0.0953. The number of hydrogen-bond acceptors (Lipinski definition) is 4. The lowest BCUT2D eigenvalue weighted by Crippen LogP contribution is -2.26. The SMILES string of the molecule is CCCCC(CC)C(C)OC(=O)OC(C)CC(C)/C=C/OC. The molecule has 0 amide bonds. The molecule has 130 valence electrons. The van der Waals surface area contributed by atoms with E-state index in [1.165, 1.54) is 6.42 Å². The highest BCUT2D eigenvalue weighted by Gasteiger charge is 2.21. The second-order valence-corrected chi connectivity index (χ2v) is 6.09. The number of ether oxygens (including phenoxy) is 3. The highest BCUT2D eigenvalue weighted by molar-refractivity contribution is 5.60. The molecule has 0 spiro atoms. The van der Waals surface area contributed by atoms with Gasteiger partial charge in [0.2, 0.25) is 0 Å². The van der Waals surface area contributed by atoms with Crippen molar-refractivity contribution < 1.29 is 19.0 Å². The number of carbonyl (C=O) groups excluding carboxylic acids is 1. The van der Waals surface area contributed by atoms with Crippen LogP contribution in [0, 0.1) is 11.8 Å². The first-order valence-electron chi connectivity index (χ1n) is 8.51. The van der Waals surface area contributed by atoms with E-state index in [4.69, 9.17) is 14.2 Å². The topological polar surface area (TPSA) is 44.8 Å². The Morgan fingerprint density at radius 1 is 1.14 bits per heavy atom. The molecule has 0 aromatic carbocycles. The van der Waals surface area contributed by atoms with E-state index in [9.17, 15) is 4.79 Å². The molecule has 0 fully saturated rings. The standard InChI is InChI=1S/C18H34O4/c1-7-9-10-17(8-2)16(5)22-18(19)21-15(4)13-14(3)11-12-20-6/h11-12,14-17H,7-10,13H2,1-6H3/b12-11+. The Balaban J connectivity index is 4.16. The quantitative estimate of drug-likeness (QED) is 0.382. The molecule has 4 heteroatoms. The summed E-state index contributed by atoms with van der Waals surface area (Å²) in [6, 6.07) is 0. The smallest absolute Gasteiger partial charge is 0.505 e. The summed E-state index contributed by atoms with van der Waals surface area (Å²) in [6.07, 6.45) is 7.96. The Bertz CT molecular complexity index is 314. The third-order valence-corrected chi connectivity index (χ3v) is 3.94. The van der Waals surface area contributed by atoms with E-state index in [0.717, 1.165) is 25.7 Å². The molecule has 0 saturated carbocycles. The van der Waals surface area contributed by atoms with Gasteiger partial charge in [0.15, 0.2) is 0 Å². The third-order valence-electron chi connectivity index (χ3n) is 3.94. The Morgan fingerprint density at radius 3 is 2.36 bits per heavy atom. The Kier molecular flexibility index (Phi) is 11.7. The van der Waals surface area contributed by atoms with Gasteiger partial charge in [-0.05, 0) is 51.0 Å². The van der Waals surface area contributed by atoms with Crippen molar-refractivity contribution in [2.45, 2.75) is 78.9 Å². The minimum atomic E-state index is -0.558. The zero-order valence-electron chi connectivity index (χ0n) is 15.1. The average molecular weight is 314 g/mol. The minimum Gasteiger partial charge on any atom is -0.505 e. The molecule has 0 aliphatic carbocycles. The van der Waals surface area contributed by atoms with Crippen molar-refractivity contribution in [3.8, 4) is 0 Å². The zero-order valence-corrected chi connectivity index (χ0v) is 15.1. The molecule has 4 nitrogen and oxygen atoms in total. The van der Waals surface area contributed by atoms with Crippen LogP contribution in [0.2, 0.25) is 0 Å². The van der Waals surface area contributed by atoms with Gasteiger partial charge in [-0.3, -0.25) is 0 Å². The summed E-state index contributed by atoms with van der Waals surface area (Å²) in [5.41, 5.74) is 0. The number of rotatable bonds is 11. The fourth-order valence-electron chi connectivity index (χ4n) is 2.54. The molecule has 0 N–H and O–H groups in total. The Morgan fingerprint density at radius 2 is 1.82 bits per heavy atom. The maximum Gasteiger partial charge on any atom is 0.508 e. The van der Waals surface area contributed by atoms with Crippen molar-refractivity contribution in [3.63, 3.8) is 0 Å². The van der Waals surface area contributed by atoms with Gasteiger partial charge in [0.1, 0.15) is 12.2 Å². The van der Waals surface area contributed by atoms with Crippen molar-refractivity contribution in [1.29, 1.82) is 0 Å². The summed E-state index contributed by atoms with van der Waals surface area (Å²) in [6.45, 7) is 10.2. The predicted molar refractivity (Wildman–Crippen MR) is 89.7 cm³/mol. The number of hydrogen-bond donors (Lipinski definition) is 0. The first-order chi connectivity index (χ1) is 10.4. The zero-order chi connectivity index (χ0) is 17.0. The van der Waals surface area contributed by atoms with Gasteiger partial charge in [0.25, 0.3) is 0 Å². The lowest BCUT2D eigenvalue weighted by molar-refractivity contribution is -0.0137. The summed E-state index contributed by atoms with van der Waals surface area (Å²) in [4.78, 5) is 11.9. The summed E-state index contributed by atoms with van der Waals surface area (Å²) >= 11 is 0. The highest BCUT2D eigenvalue weighted by atomic mass is 16.7. The van der Waals surface area contributed by atoms with Crippen LogP contribution < -0.4 is 0 Å². The van der Waals surface area contributed by atoms with Crippen LogP contribution in [0.3, 0.4) is 0 Å². The van der Waals surface area contributed by atoms with Crippen molar-refractivity contribution in [3.05, 3.63) is 12.3 Å². The first kappa shape index (κ1) is 20.8. The fourth-order valence-corrected chi connectivity index (χ4v) is 2.54. The van der Waals surface area contributed by atoms with Crippen LogP contribution in [0.4, 0.5) is 4.79 Å². The maximum atomic E-state index is 11.9. The second-order valence-electron chi connectivity index (χ2n) is 6.09. The molecule has 0 bridgehead atoms. The molecule has 0 rings (SSSR count). The molecule has 0 aromatic heterocycles. The average Bonchev–Trinajstić information content (AvgIpc) is 2.45. The van der Waals surface area contributed by atoms with Crippen LogP contribution in [0.1, 0.15) is 66.7 Å². The van der Waals surface area contributed by atoms with Crippen molar-refractivity contribution in [1.82, 2.24) is 0 Å². The van der Waals surface area contributed by atoms with Crippen LogP contribution in [-0.2, 0) is 14.2 Å². The maximum absolute atomic E-state index is 11.9. The Labute approximate surface area is 136 Å². The predicted octanol–water partition coefficient (Wildman–Crippen LogP) is 5.32. The van der Waals surface area contributed by atoms with E-state index in [0.29, 0.717) is 5.92 Å². The number of allylic oxidation sites excluding steroid dienone is 1. The van der Waals surface area contributed by atoms with Crippen LogP contribution in [-0.4, -0.2) is 25.5 Å². The second kappa shape index (κ2) is 12.4. The lowest BCUT2D eigenvalue weighted by Gasteiger charge is -2.23. The molecule has 22 heavy (non-hydrogen) atoms. The third kappa shape index (κ3) is 9.69. The van der Waals surface area contributed by atoms with Crippen LogP contribution >= 0.6 is 0 Å². The fraction of sp³-hybridized carbons (Fsp3) is 0.833. The van der Waals surface area contributed by atoms with Crippen LogP contribution in [0.5, 0.6) is 0 Å². The summed E-state index contributed by atoms with van der Waals surface area (Å²) in [5, 5.41) is 0. The van der Waals surface area contributed by atoms with E-state index < -0.39 is 6.16 Å². The lowest BCUT2D eigenvalue weighted by atomic mass is 9.94. The summed E-state index contributed by atoms with van der Waals surface area (Å²) in [5.74, 6) is 0.694. The van der Waals surface area contributed by atoms with Crippen molar-refractivity contribution in [2.24, 2.45) is 11.8 Å². The molecule has 4 atom stereocenters. The number of carbonyl (C=O) groups is 1. The largest absolute Gasteiger partial charge is 0.508 e. The van der Waals surface area contributed by atoms with E-state index in [1.54, 1.807) is 13.4 Å². The highest BCUT2D eigenvalue weighted by Crippen LogP contribution is 2.20. The normalized spacial score (nSPS) is 16.8. The van der Waals surface area contributed by atoms with E-state index in [1.807, 2.05) is 19.9 Å². The molecule has 4 unspecified atom stereocenters. The van der Waals surface area contributed by atoms with Crippen molar-refractivity contribution >= 4 is 6.16 Å². The van der Waals surface area contributed by atoms with E-state index in [2.05, 4.69) is 20.8 Å². The van der Waals surface area contributed by atoms with Crippen LogP contribution in [0.15, 0.2) is 12.3 Å². The van der Waals surface area contributed by atoms with Gasteiger partial charge in [0.05, 0.1) is 13.4 Å². The van der Waals surface area contributed by atoms with Gasteiger partial charge in [-0.25, -0.2) is 4.79 Å². The van der Waals surface area contributed by atoms with Gasteiger partial charge in [-0.2, -0.15) is 0 Å². The number of unbranched alkanes of at least 4 members (excludes halogenated alkanes) is 1. The van der Waals surface area contributed by atoms with Gasteiger partial charge in [0, 0.05) is 0 Å². The van der Waals surface area contributed by atoms with Gasteiger partial charge in [-0.1, -0.05) is 33.6 Å². The molecule has 0 aliphatic rings. The van der Waals surface area contributed by atoms with Gasteiger partial charge in [-0.15, -0.1) is 0 Å². The molecule has 0 saturated heterocycles. The molecular weight excluding hydrogens is 280 g/mol. The monoisotopic (exact) mass is 314 g/mol. The number of methoxy groups -OCH3 is 1. The van der Waals surface area contributed by atoms with Crippen LogP contribution in [0.25, 0.3) is 0 Å². The van der Waals surface area contributed by atoms with Crippen molar-refractivity contribution in [2.75, 3.05) is 7.11 Å².